The molecule has 5 nitrogen and oxygen atoms in total. The van der Waals surface area contributed by atoms with Crippen LogP contribution in [0.2, 0.25) is 0 Å². The molecule has 1 rings (SSSR count). The molecule has 1 unspecified atom stereocenters. The summed E-state index contributed by atoms with van der Waals surface area (Å²) < 4.78 is 10.4. The van der Waals surface area contributed by atoms with E-state index in [2.05, 4.69) is 13.8 Å². The maximum Gasteiger partial charge on any atom is 0.410 e. The number of cyclic esters (lactones) is 1. The first kappa shape index (κ1) is 12.3. The van der Waals surface area contributed by atoms with E-state index in [0.717, 1.165) is 6.61 Å². The molecule has 0 aliphatic carbocycles. The van der Waals surface area contributed by atoms with E-state index in [1.54, 1.807) is 4.90 Å². The Morgan fingerprint density at radius 2 is 2.40 bits per heavy atom. The lowest BCUT2D eigenvalue weighted by Crippen LogP contribution is -2.30. The van der Waals surface area contributed by atoms with E-state index in [1.165, 1.54) is 0 Å². The highest BCUT2D eigenvalue weighted by Gasteiger charge is 2.29. The fourth-order valence-electron chi connectivity index (χ4n) is 1.37. The van der Waals surface area contributed by atoms with Crippen LogP contribution in [-0.2, 0) is 9.47 Å². The number of amides is 1. The molecule has 1 aliphatic heterocycles. The number of rotatable bonds is 6. The van der Waals surface area contributed by atoms with E-state index < -0.39 is 0 Å². The summed E-state index contributed by atoms with van der Waals surface area (Å²) in [6.07, 6.45) is -0.429. The minimum atomic E-state index is -0.279. The number of hydrogen-bond acceptors (Lipinski definition) is 4. The predicted molar refractivity (Wildman–Crippen MR) is 56.6 cm³/mol. The molecule has 0 aromatic carbocycles. The minimum absolute atomic E-state index is 0.150. The van der Waals surface area contributed by atoms with Crippen LogP contribution in [0.4, 0.5) is 4.79 Å². The second kappa shape index (κ2) is 5.92. The van der Waals surface area contributed by atoms with Gasteiger partial charge >= 0.3 is 6.09 Å². The summed E-state index contributed by atoms with van der Waals surface area (Å²) >= 11 is 0. The van der Waals surface area contributed by atoms with Gasteiger partial charge in [0.15, 0.2) is 0 Å². The largest absolute Gasteiger partial charge is 0.443 e. The summed E-state index contributed by atoms with van der Waals surface area (Å²) in [6.45, 7) is 7.02. The number of carbonyl (C=O) groups is 1. The second-order valence-electron chi connectivity index (χ2n) is 4.16. The van der Waals surface area contributed by atoms with Crippen molar-refractivity contribution in [3.63, 3.8) is 0 Å². The molecule has 15 heavy (non-hydrogen) atoms. The van der Waals surface area contributed by atoms with Crippen molar-refractivity contribution in [2.24, 2.45) is 11.7 Å². The minimum Gasteiger partial charge on any atom is -0.443 e. The van der Waals surface area contributed by atoms with Gasteiger partial charge in [0.1, 0.15) is 6.10 Å². The number of ether oxygens (including phenoxy) is 2. The lowest BCUT2D eigenvalue weighted by atomic mass is 10.2. The van der Waals surface area contributed by atoms with Gasteiger partial charge in [-0.1, -0.05) is 13.8 Å². The van der Waals surface area contributed by atoms with Gasteiger partial charge in [0, 0.05) is 19.7 Å². The fraction of sp³-hybridized carbons (Fsp3) is 0.900. The maximum atomic E-state index is 11.3. The van der Waals surface area contributed by atoms with E-state index in [1.807, 2.05) is 0 Å². The van der Waals surface area contributed by atoms with Gasteiger partial charge in [-0.3, -0.25) is 0 Å². The molecule has 0 aromatic heterocycles. The zero-order valence-electron chi connectivity index (χ0n) is 9.44. The summed E-state index contributed by atoms with van der Waals surface area (Å²) in [4.78, 5) is 12.9. The lowest BCUT2D eigenvalue weighted by Gasteiger charge is -2.13. The monoisotopic (exact) mass is 216 g/mol. The molecule has 0 spiro atoms. The molecule has 0 saturated carbocycles. The summed E-state index contributed by atoms with van der Waals surface area (Å²) in [5.74, 6) is 0.521. The Morgan fingerprint density at radius 3 is 2.93 bits per heavy atom. The molecule has 0 bridgehead atoms. The van der Waals surface area contributed by atoms with Crippen LogP contribution < -0.4 is 5.73 Å². The molecule has 1 saturated heterocycles. The van der Waals surface area contributed by atoms with Crippen molar-refractivity contribution < 1.29 is 14.3 Å². The molecular formula is C10H20N2O3. The maximum absolute atomic E-state index is 11.3. The number of nitrogens with zero attached hydrogens (tertiary/aromatic N) is 1. The Morgan fingerprint density at radius 1 is 1.67 bits per heavy atom. The molecule has 1 aliphatic rings. The van der Waals surface area contributed by atoms with Crippen LogP contribution in [0.25, 0.3) is 0 Å². The highest BCUT2D eigenvalue weighted by molar-refractivity contribution is 5.69. The van der Waals surface area contributed by atoms with Crippen LogP contribution >= 0.6 is 0 Å². The van der Waals surface area contributed by atoms with Crippen molar-refractivity contribution in [1.82, 2.24) is 4.90 Å². The lowest BCUT2D eigenvalue weighted by molar-refractivity contribution is 0.0915. The second-order valence-corrected chi connectivity index (χ2v) is 4.16. The highest BCUT2D eigenvalue weighted by Crippen LogP contribution is 2.09. The van der Waals surface area contributed by atoms with Crippen LogP contribution in [0.5, 0.6) is 0 Å². The summed E-state index contributed by atoms with van der Waals surface area (Å²) in [5.41, 5.74) is 5.42. The number of hydrogen-bond donors (Lipinski definition) is 1. The zero-order chi connectivity index (χ0) is 11.3. The quantitative estimate of drug-likeness (QED) is 0.654. The van der Waals surface area contributed by atoms with Crippen LogP contribution in [0.1, 0.15) is 13.8 Å². The molecule has 88 valence electrons. The van der Waals surface area contributed by atoms with E-state index >= 15 is 0 Å². The molecular weight excluding hydrogens is 196 g/mol. The number of carbonyl (C=O) groups excluding carboxylic acids is 1. The van der Waals surface area contributed by atoms with E-state index in [4.69, 9.17) is 15.2 Å². The fourth-order valence-corrected chi connectivity index (χ4v) is 1.37. The molecule has 0 radical (unpaired) electrons. The molecule has 1 amide bonds. The Bertz CT molecular complexity index is 209. The summed E-state index contributed by atoms with van der Waals surface area (Å²) in [5, 5.41) is 0. The van der Waals surface area contributed by atoms with Crippen LogP contribution in [-0.4, -0.2) is 49.9 Å². The van der Waals surface area contributed by atoms with E-state index in [-0.39, 0.29) is 12.2 Å². The van der Waals surface area contributed by atoms with Crippen molar-refractivity contribution in [2.45, 2.75) is 20.0 Å². The number of nitrogens with two attached hydrogens (primary N) is 1. The van der Waals surface area contributed by atoms with Gasteiger partial charge in [-0.25, -0.2) is 4.79 Å². The van der Waals surface area contributed by atoms with Gasteiger partial charge in [-0.05, 0) is 5.92 Å². The molecule has 5 heteroatoms. The Hall–Kier alpha value is -0.810. The van der Waals surface area contributed by atoms with Crippen LogP contribution in [0, 0.1) is 5.92 Å². The molecule has 1 heterocycles. The van der Waals surface area contributed by atoms with Crippen molar-refractivity contribution in [3.8, 4) is 0 Å². The molecule has 0 aromatic rings. The summed E-state index contributed by atoms with van der Waals surface area (Å²) in [6, 6.07) is 0. The van der Waals surface area contributed by atoms with Gasteiger partial charge < -0.3 is 20.1 Å². The topological polar surface area (TPSA) is 64.8 Å². The van der Waals surface area contributed by atoms with Gasteiger partial charge in [0.25, 0.3) is 0 Å². The SMILES string of the molecule is CC(C)COCCN1CC(CN)OC1=O. The Balaban J connectivity index is 2.14. The van der Waals surface area contributed by atoms with Gasteiger partial charge in [0.2, 0.25) is 0 Å². The van der Waals surface area contributed by atoms with Gasteiger partial charge in [0.05, 0.1) is 13.2 Å². The molecule has 1 atom stereocenters. The summed E-state index contributed by atoms with van der Waals surface area (Å²) in [7, 11) is 0. The van der Waals surface area contributed by atoms with Crippen molar-refractivity contribution in [3.05, 3.63) is 0 Å². The predicted octanol–water partition coefficient (Wildman–Crippen LogP) is 0.439. The molecule has 1 fully saturated rings. The Kier molecular flexibility index (Phi) is 4.84. The highest BCUT2D eigenvalue weighted by atomic mass is 16.6. The average Bonchev–Trinajstić information content (AvgIpc) is 2.54. The van der Waals surface area contributed by atoms with Gasteiger partial charge in [-0.2, -0.15) is 0 Å². The smallest absolute Gasteiger partial charge is 0.410 e. The van der Waals surface area contributed by atoms with E-state index in [9.17, 15) is 4.79 Å². The molecule has 2 N–H and O–H groups in total. The van der Waals surface area contributed by atoms with Crippen molar-refractivity contribution >= 4 is 6.09 Å². The van der Waals surface area contributed by atoms with Crippen LogP contribution in [0.15, 0.2) is 0 Å². The third-order valence-corrected chi connectivity index (χ3v) is 2.17. The first-order valence-electron chi connectivity index (χ1n) is 5.37. The third-order valence-electron chi connectivity index (χ3n) is 2.17. The van der Waals surface area contributed by atoms with Crippen molar-refractivity contribution in [1.29, 1.82) is 0 Å². The Labute approximate surface area is 90.5 Å². The normalized spacial score (nSPS) is 21.2. The first-order chi connectivity index (χ1) is 7.13. The van der Waals surface area contributed by atoms with E-state index in [0.29, 0.717) is 32.2 Å². The van der Waals surface area contributed by atoms with Gasteiger partial charge in [-0.15, -0.1) is 0 Å². The standard InChI is InChI=1S/C10H20N2O3/c1-8(2)7-14-4-3-12-6-9(5-11)15-10(12)13/h8-9H,3-7,11H2,1-2H3. The van der Waals surface area contributed by atoms with Crippen molar-refractivity contribution in [2.75, 3.05) is 32.8 Å². The van der Waals surface area contributed by atoms with Crippen LogP contribution in [0.3, 0.4) is 0 Å². The average molecular weight is 216 g/mol. The third kappa shape index (κ3) is 4.05. The zero-order valence-corrected chi connectivity index (χ0v) is 9.44. The first-order valence-corrected chi connectivity index (χ1v) is 5.37.